The predicted octanol–water partition coefficient (Wildman–Crippen LogP) is 2.72. The largest absolute Gasteiger partial charge is 0.464 e. The van der Waals surface area contributed by atoms with Gasteiger partial charge in [0.2, 0.25) is 0 Å². The van der Waals surface area contributed by atoms with Crippen molar-refractivity contribution in [1.29, 1.82) is 0 Å². The Morgan fingerprint density at radius 3 is 2.74 bits per heavy atom. The van der Waals surface area contributed by atoms with Crippen molar-refractivity contribution >= 4 is 33.5 Å². The maximum atomic E-state index is 11.9. The molecular formula is C12H11BrN2O4. The van der Waals surface area contributed by atoms with Gasteiger partial charge in [0.05, 0.1) is 12.8 Å². The number of anilines is 1. The molecular weight excluding hydrogens is 316 g/mol. The van der Waals surface area contributed by atoms with Crippen molar-refractivity contribution in [3.05, 3.63) is 40.0 Å². The van der Waals surface area contributed by atoms with Gasteiger partial charge in [-0.1, -0.05) is 0 Å². The zero-order valence-corrected chi connectivity index (χ0v) is 11.8. The third-order valence-electron chi connectivity index (χ3n) is 2.39. The molecule has 2 aromatic heterocycles. The lowest BCUT2D eigenvalue weighted by Gasteiger charge is -2.03. The van der Waals surface area contributed by atoms with E-state index in [1.807, 2.05) is 0 Å². The number of hydrogen-bond acceptors (Lipinski definition) is 4. The molecule has 0 bridgehead atoms. The molecule has 2 aromatic rings. The summed E-state index contributed by atoms with van der Waals surface area (Å²) >= 11 is 3.11. The molecule has 0 unspecified atom stereocenters. The third-order valence-corrected chi connectivity index (χ3v) is 2.81. The quantitative estimate of drug-likeness (QED) is 0.849. The molecule has 0 aromatic carbocycles. The molecule has 0 spiro atoms. The molecule has 2 N–H and O–H groups in total. The minimum atomic E-state index is -0.552. The first-order valence-electron chi connectivity index (χ1n) is 5.36. The molecule has 2 heterocycles. The highest BCUT2D eigenvalue weighted by Crippen LogP contribution is 2.20. The first kappa shape index (κ1) is 13.4. The average molecular weight is 327 g/mol. The van der Waals surface area contributed by atoms with E-state index in [1.54, 1.807) is 19.1 Å². The van der Waals surface area contributed by atoms with Crippen LogP contribution in [0.1, 0.15) is 26.7 Å². The van der Waals surface area contributed by atoms with Crippen molar-refractivity contribution in [3.8, 4) is 0 Å². The lowest BCUT2D eigenvalue weighted by molar-refractivity contribution is 0.0596. The van der Waals surface area contributed by atoms with Crippen LogP contribution in [0.3, 0.4) is 0 Å². The van der Waals surface area contributed by atoms with Gasteiger partial charge in [-0.3, -0.25) is 4.79 Å². The number of ether oxygens (including phenoxy) is 1. The van der Waals surface area contributed by atoms with E-state index in [0.717, 1.165) is 5.69 Å². The third kappa shape index (κ3) is 2.87. The summed E-state index contributed by atoms with van der Waals surface area (Å²) < 4.78 is 10.2. The number of H-pyrrole nitrogens is 1. The highest BCUT2D eigenvalue weighted by molar-refractivity contribution is 9.10. The molecule has 0 atom stereocenters. The molecule has 100 valence electrons. The van der Waals surface area contributed by atoms with Gasteiger partial charge in [0.1, 0.15) is 5.69 Å². The Kier molecular flexibility index (Phi) is 3.75. The second-order valence-electron chi connectivity index (χ2n) is 3.79. The zero-order chi connectivity index (χ0) is 14.0. The first-order chi connectivity index (χ1) is 9.01. The normalized spacial score (nSPS) is 10.3. The Balaban J connectivity index is 2.24. The van der Waals surface area contributed by atoms with Crippen LogP contribution in [0.2, 0.25) is 0 Å². The highest BCUT2D eigenvalue weighted by Gasteiger charge is 2.18. The van der Waals surface area contributed by atoms with Gasteiger partial charge in [-0.2, -0.15) is 0 Å². The van der Waals surface area contributed by atoms with Gasteiger partial charge in [-0.25, -0.2) is 4.79 Å². The van der Waals surface area contributed by atoms with Crippen LogP contribution in [0, 0.1) is 6.92 Å². The molecule has 0 aliphatic heterocycles. The van der Waals surface area contributed by atoms with E-state index in [2.05, 4.69) is 31.0 Å². The van der Waals surface area contributed by atoms with Crippen LogP contribution in [0.25, 0.3) is 0 Å². The van der Waals surface area contributed by atoms with Crippen molar-refractivity contribution in [2.24, 2.45) is 0 Å². The van der Waals surface area contributed by atoms with E-state index in [1.165, 1.54) is 13.2 Å². The van der Waals surface area contributed by atoms with Gasteiger partial charge in [0.15, 0.2) is 10.4 Å². The molecule has 1 amide bonds. The van der Waals surface area contributed by atoms with Crippen molar-refractivity contribution in [2.45, 2.75) is 6.92 Å². The summed E-state index contributed by atoms with van der Waals surface area (Å²) in [6, 6.07) is 4.78. The number of carbonyl (C=O) groups is 2. The van der Waals surface area contributed by atoms with Gasteiger partial charge < -0.3 is 19.5 Å². The van der Waals surface area contributed by atoms with Crippen LogP contribution in [0.4, 0.5) is 5.69 Å². The standard InChI is InChI=1S/C12H11BrN2O4/c1-6-5-7(10(14-6)12(17)18-2)15-11(16)8-3-4-9(13)19-8/h3-5,14H,1-2H3,(H,15,16). The Morgan fingerprint density at radius 2 is 2.16 bits per heavy atom. The molecule has 0 radical (unpaired) electrons. The van der Waals surface area contributed by atoms with Crippen LogP contribution in [0.5, 0.6) is 0 Å². The molecule has 2 rings (SSSR count). The van der Waals surface area contributed by atoms with Crippen molar-refractivity contribution in [1.82, 2.24) is 4.98 Å². The second-order valence-corrected chi connectivity index (χ2v) is 4.57. The fourth-order valence-electron chi connectivity index (χ4n) is 1.57. The number of nitrogens with one attached hydrogen (secondary N) is 2. The number of hydrogen-bond donors (Lipinski definition) is 2. The SMILES string of the molecule is COC(=O)c1[nH]c(C)cc1NC(=O)c1ccc(Br)o1. The molecule has 6 nitrogen and oxygen atoms in total. The summed E-state index contributed by atoms with van der Waals surface area (Å²) in [5.74, 6) is -0.861. The smallest absolute Gasteiger partial charge is 0.356 e. The fourth-order valence-corrected chi connectivity index (χ4v) is 1.88. The fraction of sp³-hybridized carbons (Fsp3) is 0.167. The number of rotatable bonds is 3. The summed E-state index contributed by atoms with van der Waals surface area (Å²) in [6.07, 6.45) is 0. The van der Waals surface area contributed by atoms with Crippen molar-refractivity contribution in [2.75, 3.05) is 12.4 Å². The number of methoxy groups -OCH3 is 1. The number of aryl methyl sites for hydroxylation is 1. The second kappa shape index (κ2) is 5.31. The number of carbonyl (C=O) groups excluding carboxylic acids is 2. The number of aromatic nitrogens is 1. The average Bonchev–Trinajstić information content (AvgIpc) is 2.95. The highest BCUT2D eigenvalue weighted by atomic mass is 79.9. The van der Waals surface area contributed by atoms with E-state index in [9.17, 15) is 9.59 Å². The molecule has 0 fully saturated rings. The zero-order valence-electron chi connectivity index (χ0n) is 10.2. The first-order valence-corrected chi connectivity index (χ1v) is 6.15. The van der Waals surface area contributed by atoms with Gasteiger partial charge in [0.25, 0.3) is 5.91 Å². The van der Waals surface area contributed by atoms with Gasteiger partial charge in [0, 0.05) is 5.69 Å². The van der Waals surface area contributed by atoms with Gasteiger partial charge >= 0.3 is 5.97 Å². The van der Waals surface area contributed by atoms with E-state index in [-0.39, 0.29) is 11.5 Å². The number of furan rings is 1. The molecule has 0 aliphatic rings. The Morgan fingerprint density at radius 1 is 1.42 bits per heavy atom. The molecule has 19 heavy (non-hydrogen) atoms. The van der Waals surface area contributed by atoms with E-state index in [0.29, 0.717) is 10.4 Å². The summed E-state index contributed by atoms with van der Waals surface area (Å²) in [6.45, 7) is 1.77. The Labute approximate surface area is 117 Å². The number of halogens is 1. The van der Waals surface area contributed by atoms with E-state index >= 15 is 0 Å². The van der Waals surface area contributed by atoms with Crippen LogP contribution in [0.15, 0.2) is 27.3 Å². The minimum absolute atomic E-state index is 0.140. The maximum Gasteiger partial charge on any atom is 0.356 e. The van der Waals surface area contributed by atoms with Crippen LogP contribution in [-0.4, -0.2) is 24.0 Å². The predicted molar refractivity (Wildman–Crippen MR) is 71.2 cm³/mol. The Bertz CT molecular complexity index is 629. The molecule has 0 aliphatic carbocycles. The van der Waals surface area contributed by atoms with Crippen LogP contribution in [-0.2, 0) is 4.74 Å². The van der Waals surface area contributed by atoms with E-state index < -0.39 is 11.9 Å². The molecule has 0 saturated heterocycles. The topological polar surface area (TPSA) is 84.3 Å². The van der Waals surface area contributed by atoms with Crippen LogP contribution >= 0.6 is 15.9 Å². The van der Waals surface area contributed by atoms with Gasteiger partial charge in [-0.05, 0) is 41.1 Å². The van der Waals surface area contributed by atoms with Crippen molar-refractivity contribution in [3.63, 3.8) is 0 Å². The lowest BCUT2D eigenvalue weighted by atomic mass is 10.3. The van der Waals surface area contributed by atoms with Crippen LogP contribution < -0.4 is 5.32 Å². The Hall–Kier alpha value is -2.02. The summed E-state index contributed by atoms with van der Waals surface area (Å²) in [5.41, 5.74) is 1.28. The lowest BCUT2D eigenvalue weighted by Crippen LogP contribution is -2.14. The minimum Gasteiger partial charge on any atom is -0.464 e. The van der Waals surface area contributed by atoms with Gasteiger partial charge in [-0.15, -0.1) is 0 Å². The maximum absolute atomic E-state index is 11.9. The summed E-state index contributed by atoms with van der Waals surface area (Å²) in [7, 11) is 1.27. The number of aromatic amines is 1. The van der Waals surface area contributed by atoms with Crippen molar-refractivity contribution < 1.29 is 18.7 Å². The molecule has 7 heteroatoms. The summed E-state index contributed by atoms with van der Waals surface area (Å²) in [5, 5.41) is 2.59. The van der Waals surface area contributed by atoms with E-state index in [4.69, 9.17) is 4.42 Å². The monoisotopic (exact) mass is 326 g/mol. The summed E-state index contributed by atoms with van der Waals surface area (Å²) in [4.78, 5) is 26.3. The number of esters is 1. The molecule has 0 saturated carbocycles. The number of amides is 1.